The van der Waals surface area contributed by atoms with Crippen LogP contribution in [-0.4, -0.2) is 23.7 Å². The molecule has 1 aliphatic carbocycles. The minimum Gasteiger partial charge on any atom is -0.508 e. The second kappa shape index (κ2) is 8.14. The van der Waals surface area contributed by atoms with Crippen molar-refractivity contribution in [1.82, 2.24) is 0 Å². The molecular weight excluding hydrogens is 390 g/mol. The average molecular weight is 422 g/mol. The lowest BCUT2D eigenvalue weighted by Gasteiger charge is -2.29. The third-order valence-corrected chi connectivity index (χ3v) is 6.18. The van der Waals surface area contributed by atoms with Crippen molar-refractivity contribution < 1.29 is 16.1 Å². The van der Waals surface area contributed by atoms with E-state index >= 15 is 0 Å². The van der Waals surface area contributed by atoms with Gasteiger partial charge in [0.15, 0.2) is 6.10 Å². The van der Waals surface area contributed by atoms with Gasteiger partial charge in [0.1, 0.15) is 11.5 Å². The van der Waals surface area contributed by atoms with Gasteiger partial charge in [-0.25, -0.2) is 0 Å². The zero-order valence-electron chi connectivity index (χ0n) is 18.3. The number of amides is 1. The van der Waals surface area contributed by atoms with E-state index in [2.05, 4.69) is 43.5 Å². The van der Waals surface area contributed by atoms with Gasteiger partial charge in [-0.05, 0) is 59.6 Å². The Hall–Kier alpha value is -3.20. The first kappa shape index (κ1) is 21.0. The van der Waals surface area contributed by atoms with Crippen molar-refractivity contribution in [2.45, 2.75) is 63.9 Å². The fourth-order valence-corrected chi connectivity index (χ4v) is 4.49. The number of hydrogen-bond donors (Lipinski definition) is 3. The lowest BCUT2D eigenvalue weighted by Crippen LogP contribution is -2.41. The van der Waals surface area contributed by atoms with Gasteiger partial charge in [-0.1, -0.05) is 33.6 Å². The first-order valence-corrected chi connectivity index (χ1v) is 10.9. The van der Waals surface area contributed by atoms with E-state index in [1.165, 1.54) is 12.8 Å². The Morgan fingerprint density at radius 1 is 1.26 bits per heavy atom. The first-order valence-electron chi connectivity index (χ1n) is 10.9. The van der Waals surface area contributed by atoms with E-state index in [9.17, 15) is 9.90 Å². The quantitative estimate of drug-likeness (QED) is 0.627. The number of nitrogens with one attached hydrogen (secondary N) is 2. The third kappa shape index (κ3) is 4.32. The summed E-state index contributed by atoms with van der Waals surface area (Å²) in [5.41, 5.74) is 3.64. The van der Waals surface area contributed by atoms with Crippen LogP contribution in [0.3, 0.4) is 0 Å². The molecule has 0 radical (unpaired) electrons. The maximum absolute atomic E-state index is 13.0. The fourth-order valence-electron chi connectivity index (χ4n) is 4.49. The van der Waals surface area contributed by atoms with Crippen molar-refractivity contribution in [3.63, 3.8) is 0 Å². The number of ether oxygens (including phenoxy) is 1. The summed E-state index contributed by atoms with van der Waals surface area (Å²) in [6, 6.07) is 10.9. The molecule has 0 bridgehead atoms. The van der Waals surface area contributed by atoms with Gasteiger partial charge in [-0.3, -0.25) is 4.79 Å². The molecule has 1 saturated carbocycles. The molecule has 164 valence electrons. The zero-order chi connectivity index (χ0) is 22.2. The fraction of sp³-hybridized carbons (Fsp3) is 0.440. The number of phenolic OH excluding ortho intramolecular Hbond substituents is 1. The van der Waals surface area contributed by atoms with Crippen LogP contribution < -0.4 is 15.4 Å². The number of nitriles is 1. The second-order valence-corrected chi connectivity index (χ2v) is 9.49. The number of aromatic hydroxyl groups is 1. The molecule has 3 N–H and O–H groups in total. The molecule has 2 aromatic rings. The Morgan fingerprint density at radius 2 is 2.00 bits per heavy atom. The van der Waals surface area contributed by atoms with Gasteiger partial charge in [0.2, 0.25) is 0 Å². The highest BCUT2D eigenvalue weighted by atomic mass is 16.5. The maximum Gasteiger partial charge on any atom is 0.267 e. The molecule has 1 aliphatic heterocycles. The Bertz CT molecular complexity index is 1050. The van der Waals surface area contributed by atoms with Crippen molar-refractivity contribution in [3.05, 3.63) is 47.0 Å². The van der Waals surface area contributed by atoms with Gasteiger partial charge in [-0.15, -0.1) is 0 Å². The van der Waals surface area contributed by atoms with Crippen molar-refractivity contribution >= 4 is 17.3 Å². The van der Waals surface area contributed by atoms with Crippen molar-refractivity contribution in [2.24, 2.45) is 0 Å². The van der Waals surface area contributed by atoms with Crippen LogP contribution in [0.5, 0.6) is 11.5 Å². The molecule has 1 atom stereocenters. The van der Waals surface area contributed by atoms with Crippen LogP contribution in [0.4, 0.5) is 11.4 Å². The molecule has 1 heterocycles. The van der Waals surface area contributed by atoms with E-state index in [1.807, 2.05) is 0 Å². The molecule has 6 heteroatoms. The molecule has 4 rings (SSSR count). The van der Waals surface area contributed by atoms with Gasteiger partial charge in [0.05, 0.1) is 23.9 Å². The first-order chi connectivity index (χ1) is 14.8. The third-order valence-electron chi connectivity index (χ3n) is 6.18. The zero-order valence-corrected chi connectivity index (χ0v) is 18.3. The number of fused-ring (bicyclic) bond motifs is 1. The number of hydrogen-bond acceptors (Lipinski definition) is 5. The van der Waals surface area contributed by atoms with Gasteiger partial charge >= 0.3 is 0 Å². The SMILES string of the molecule is CC(C)(C)c1cc(C2CCCC2)c(O)cc1NC(=O)C1CNc2cc(C#N)ccc2O1.[HH]. The van der Waals surface area contributed by atoms with E-state index < -0.39 is 6.10 Å². The van der Waals surface area contributed by atoms with Crippen molar-refractivity contribution in [2.75, 3.05) is 17.2 Å². The summed E-state index contributed by atoms with van der Waals surface area (Å²) in [6.45, 7) is 6.62. The number of rotatable bonds is 3. The summed E-state index contributed by atoms with van der Waals surface area (Å²) in [5.74, 6) is 0.890. The van der Waals surface area contributed by atoms with E-state index in [-0.39, 0.29) is 18.5 Å². The minimum absolute atomic E-state index is 0. The van der Waals surface area contributed by atoms with Gasteiger partial charge in [0, 0.05) is 13.2 Å². The van der Waals surface area contributed by atoms with Crippen LogP contribution in [0, 0.1) is 11.3 Å². The number of nitrogens with zero attached hydrogens (tertiary/aromatic N) is 1. The average Bonchev–Trinajstić information content (AvgIpc) is 3.26. The van der Waals surface area contributed by atoms with Crippen LogP contribution in [0.1, 0.15) is 70.5 Å². The van der Waals surface area contributed by atoms with Crippen LogP contribution in [0.2, 0.25) is 0 Å². The molecule has 6 nitrogen and oxygen atoms in total. The molecule has 0 spiro atoms. The molecule has 31 heavy (non-hydrogen) atoms. The summed E-state index contributed by atoms with van der Waals surface area (Å²) < 4.78 is 5.88. The Kier molecular flexibility index (Phi) is 5.53. The Labute approximate surface area is 184 Å². The highest BCUT2D eigenvalue weighted by Gasteiger charge is 2.30. The highest BCUT2D eigenvalue weighted by molar-refractivity contribution is 5.96. The van der Waals surface area contributed by atoms with Crippen LogP contribution in [-0.2, 0) is 10.2 Å². The standard InChI is InChI=1S/C25H29N3O3.H2/c1-25(2,3)18-11-17(16-6-4-5-7-16)21(29)12-19(18)28-24(30)23-14-27-20-10-15(13-26)8-9-22(20)31-23;/h8-12,16,23,27,29H,4-7,14H2,1-3H3,(H,28,30);1H. The highest BCUT2D eigenvalue weighted by Crippen LogP contribution is 2.43. The topological polar surface area (TPSA) is 94.4 Å². The maximum atomic E-state index is 13.0. The number of carbonyl (C=O) groups excluding carboxylic acids is 1. The lowest BCUT2D eigenvalue weighted by atomic mass is 9.82. The van der Waals surface area contributed by atoms with Crippen molar-refractivity contribution in [3.8, 4) is 17.6 Å². The monoisotopic (exact) mass is 421 g/mol. The molecule has 0 aromatic heterocycles. The summed E-state index contributed by atoms with van der Waals surface area (Å²) in [4.78, 5) is 13.0. The van der Waals surface area contributed by atoms with E-state index in [0.717, 1.165) is 24.0 Å². The number of phenols is 1. The van der Waals surface area contributed by atoms with E-state index in [1.54, 1.807) is 24.3 Å². The molecule has 2 aromatic carbocycles. The molecule has 0 saturated heterocycles. The molecule has 1 unspecified atom stereocenters. The lowest BCUT2D eigenvalue weighted by molar-refractivity contribution is -0.122. The molecule has 1 amide bonds. The predicted octanol–water partition coefficient (Wildman–Crippen LogP) is 5.28. The normalized spacial score (nSPS) is 18.5. The Balaban J connectivity index is 0.00000289. The summed E-state index contributed by atoms with van der Waals surface area (Å²) >= 11 is 0. The Morgan fingerprint density at radius 3 is 2.68 bits per heavy atom. The minimum atomic E-state index is -0.718. The summed E-state index contributed by atoms with van der Waals surface area (Å²) in [6.07, 6.45) is 3.85. The molecular formula is C25H31N3O3. The largest absolute Gasteiger partial charge is 0.508 e. The molecule has 1 fully saturated rings. The van der Waals surface area contributed by atoms with Crippen LogP contribution in [0.25, 0.3) is 0 Å². The number of benzene rings is 2. The number of carbonyl (C=O) groups is 1. The van der Waals surface area contributed by atoms with E-state index in [4.69, 9.17) is 10.00 Å². The van der Waals surface area contributed by atoms with Crippen LogP contribution in [0.15, 0.2) is 30.3 Å². The van der Waals surface area contributed by atoms with Crippen LogP contribution >= 0.6 is 0 Å². The smallest absolute Gasteiger partial charge is 0.267 e. The van der Waals surface area contributed by atoms with Crippen molar-refractivity contribution in [1.29, 1.82) is 5.26 Å². The van der Waals surface area contributed by atoms with Gasteiger partial charge < -0.3 is 20.5 Å². The summed E-state index contributed by atoms with van der Waals surface area (Å²) in [5, 5.41) is 25.9. The molecule has 2 aliphatic rings. The van der Waals surface area contributed by atoms with Gasteiger partial charge in [-0.2, -0.15) is 5.26 Å². The van der Waals surface area contributed by atoms with E-state index in [0.29, 0.717) is 35.2 Å². The predicted molar refractivity (Wildman–Crippen MR) is 123 cm³/mol. The number of anilines is 2. The van der Waals surface area contributed by atoms with Gasteiger partial charge in [0.25, 0.3) is 5.91 Å². The second-order valence-electron chi connectivity index (χ2n) is 9.49. The summed E-state index contributed by atoms with van der Waals surface area (Å²) in [7, 11) is 0.